The van der Waals surface area contributed by atoms with E-state index in [1.807, 2.05) is 0 Å². The molecule has 0 unspecified atom stereocenters. The second-order valence-corrected chi connectivity index (χ2v) is 3.93. The Hall–Kier alpha value is -1.82. The van der Waals surface area contributed by atoms with E-state index in [-0.39, 0.29) is 16.3 Å². The maximum Gasteiger partial charge on any atom is 0.418 e. The smallest absolute Gasteiger partial charge is 0.298 e. The van der Waals surface area contributed by atoms with Crippen molar-refractivity contribution in [3.63, 3.8) is 0 Å². The number of carbonyl (C=O) groups excluding carboxylic acids is 1. The number of hydrogen-bond donors (Lipinski definition) is 0. The molecule has 94 valence electrons. The van der Waals surface area contributed by atoms with Crippen LogP contribution in [0, 0.1) is 0 Å². The lowest BCUT2D eigenvalue weighted by Gasteiger charge is -2.13. The number of aromatic nitrogens is 2. The lowest BCUT2D eigenvalue weighted by molar-refractivity contribution is -0.137. The van der Waals surface area contributed by atoms with Crippen molar-refractivity contribution in [2.75, 3.05) is 0 Å². The molecule has 2 rings (SSSR count). The number of hydrogen-bond acceptors (Lipinski definition) is 2. The number of carbonyl (C=O) groups is 1. The van der Waals surface area contributed by atoms with E-state index in [2.05, 4.69) is 5.10 Å². The minimum Gasteiger partial charge on any atom is -0.298 e. The topological polar surface area (TPSA) is 34.9 Å². The zero-order chi connectivity index (χ0) is 13.3. The highest BCUT2D eigenvalue weighted by atomic mass is 35.5. The molecule has 0 saturated carbocycles. The maximum absolute atomic E-state index is 12.9. The quantitative estimate of drug-likeness (QED) is 0.787. The first-order chi connectivity index (χ1) is 8.41. The van der Waals surface area contributed by atoms with Crippen LogP contribution in [-0.4, -0.2) is 16.1 Å². The van der Waals surface area contributed by atoms with Crippen molar-refractivity contribution in [3.8, 4) is 5.69 Å². The van der Waals surface area contributed by atoms with Gasteiger partial charge in [-0.05, 0) is 18.2 Å². The predicted octanol–water partition coefficient (Wildman–Crippen LogP) is 3.36. The van der Waals surface area contributed by atoms with Gasteiger partial charge in [-0.25, -0.2) is 4.68 Å². The van der Waals surface area contributed by atoms with E-state index in [1.54, 1.807) is 0 Å². The summed E-state index contributed by atoms with van der Waals surface area (Å²) in [6.07, 6.45) is -1.73. The summed E-state index contributed by atoms with van der Waals surface area (Å²) in [7, 11) is 0. The Balaban J connectivity index is 2.63. The van der Waals surface area contributed by atoms with Crippen molar-refractivity contribution >= 4 is 17.9 Å². The molecule has 2 aromatic rings. The van der Waals surface area contributed by atoms with Gasteiger partial charge in [-0.1, -0.05) is 11.6 Å². The molecule has 18 heavy (non-hydrogen) atoms. The van der Waals surface area contributed by atoms with Crippen LogP contribution < -0.4 is 0 Å². The summed E-state index contributed by atoms with van der Waals surface area (Å²) >= 11 is 5.61. The molecular formula is C11H6ClF3N2O. The van der Waals surface area contributed by atoms with Crippen molar-refractivity contribution in [1.29, 1.82) is 0 Å². The van der Waals surface area contributed by atoms with E-state index in [0.717, 1.165) is 10.7 Å². The van der Waals surface area contributed by atoms with Crippen molar-refractivity contribution in [1.82, 2.24) is 9.78 Å². The zero-order valence-electron chi connectivity index (χ0n) is 8.78. The Morgan fingerprint density at radius 1 is 1.33 bits per heavy atom. The molecule has 7 heteroatoms. The normalized spacial score (nSPS) is 11.6. The number of rotatable bonds is 2. The molecule has 0 radical (unpaired) electrons. The first-order valence-corrected chi connectivity index (χ1v) is 5.16. The van der Waals surface area contributed by atoms with Crippen LogP contribution >= 0.6 is 11.6 Å². The summed E-state index contributed by atoms with van der Waals surface area (Å²) in [6, 6.07) is 3.24. The van der Waals surface area contributed by atoms with Crippen LogP contribution in [0.15, 0.2) is 30.6 Å². The van der Waals surface area contributed by atoms with Gasteiger partial charge in [0.05, 0.1) is 22.5 Å². The SMILES string of the molecule is O=Cc1ccc(-n2cc(Cl)cn2)c(C(F)(F)F)c1. The predicted molar refractivity (Wildman–Crippen MR) is 59.0 cm³/mol. The molecule has 0 atom stereocenters. The molecule has 0 aliphatic carbocycles. The fourth-order valence-corrected chi connectivity index (χ4v) is 1.62. The molecule has 0 fully saturated rings. The Kier molecular flexibility index (Phi) is 3.13. The first-order valence-electron chi connectivity index (χ1n) is 4.79. The van der Waals surface area contributed by atoms with Crippen LogP contribution in [0.2, 0.25) is 5.02 Å². The van der Waals surface area contributed by atoms with Gasteiger partial charge in [-0.15, -0.1) is 0 Å². The van der Waals surface area contributed by atoms with Gasteiger partial charge in [-0.2, -0.15) is 18.3 Å². The lowest BCUT2D eigenvalue weighted by Crippen LogP contribution is -2.11. The number of halogens is 4. The average molecular weight is 275 g/mol. The van der Waals surface area contributed by atoms with Gasteiger partial charge < -0.3 is 0 Å². The number of nitrogens with zero attached hydrogens (tertiary/aromatic N) is 2. The highest BCUT2D eigenvalue weighted by molar-refractivity contribution is 6.30. The standard InChI is InChI=1S/C11H6ClF3N2O/c12-8-4-16-17(5-8)10-2-1-7(6-18)3-9(10)11(13,14)15/h1-6H. The lowest BCUT2D eigenvalue weighted by atomic mass is 10.1. The fraction of sp³-hybridized carbons (Fsp3) is 0.0909. The third-order valence-corrected chi connectivity index (χ3v) is 2.46. The first kappa shape index (κ1) is 12.6. The summed E-state index contributed by atoms with van der Waals surface area (Å²) in [5.41, 5.74) is -1.17. The van der Waals surface area contributed by atoms with Crippen LogP contribution in [0.5, 0.6) is 0 Å². The van der Waals surface area contributed by atoms with Crippen molar-refractivity contribution < 1.29 is 18.0 Å². The number of benzene rings is 1. The summed E-state index contributed by atoms with van der Waals surface area (Å²) in [6.45, 7) is 0. The molecule has 0 amide bonds. The van der Waals surface area contributed by atoms with Gasteiger partial charge in [0, 0.05) is 11.8 Å². The number of alkyl halides is 3. The van der Waals surface area contributed by atoms with Gasteiger partial charge in [-0.3, -0.25) is 4.79 Å². The van der Waals surface area contributed by atoms with Crippen molar-refractivity contribution in [2.45, 2.75) is 6.18 Å². The largest absolute Gasteiger partial charge is 0.418 e. The van der Waals surface area contributed by atoms with E-state index >= 15 is 0 Å². The molecule has 0 N–H and O–H groups in total. The fourth-order valence-electron chi connectivity index (χ4n) is 1.49. The molecule has 3 nitrogen and oxygen atoms in total. The summed E-state index contributed by atoms with van der Waals surface area (Å²) < 4.78 is 39.6. The molecule has 1 heterocycles. The van der Waals surface area contributed by atoms with Crippen LogP contribution in [0.25, 0.3) is 5.69 Å². The van der Waals surface area contributed by atoms with E-state index in [9.17, 15) is 18.0 Å². The second kappa shape index (κ2) is 4.45. The third-order valence-electron chi connectivity index (χ3n) is 2.26. The molecular weight excluding hydrogens is 269 g/mol. The maximum atomic E-state index is 12.9. The highest BCUT2D eigenvalue weighted by Gasteiger charge is 2.34. The minimum absolute atomic E-state index is 0.0515. The summed E-state index contributed by atoms with van der Waals surface area (Å²) in [5, 5.41) is 3.94. The van der Waals surface area contributed by atoms with Crippen molar-refractivity contribution in [2.24, 2.45) is 0 Å². The Labute approximate surface area is 105 Å². The van der Waals surface area contributed by atoms with Gasteiger partial charge in [0.25, 0.3) is 0 Å². The van der Waals surface area contributed by atoms with Crippen molar-refractivity contribution in [3.05, 3.63) is 46.7 Å². The van der Waals surface area contributed by atoms with E-state index < -0.39 is 11.7 Å². The van der Waals surface area contributed by atoms with Gasteiger partial charge in [0.1, 0.15) is 6.29 Å². The third kappa shape index (κ3) is 2.38. The monoisotopic (exact) mass is 274 g/mol. The number of aldehydes is 1. The van der Waals surface area contributed by atoms with Gasteiger partial charge in [0.15, 0.2) is 0 Å². The summed E-state index contributed by atoms with van der Waals surface area (Å²) in [5.74, 6) is 0. The summed E-state index contributed by atoms with van der Waals surface area (Å²) in [4.78, 5) is 10.5. The van der Waals surface area contributed by atoms with Crippen LogP contribution in [0.4, 0.5) is 13.2 Å². The Bertz CT molecular complexity index is 592. The Morgan fingerprint density at radius 2 is 2.06 bits per heavy atom. The molecule has 0 spiro atoms. The molecule has 1 aromatic heterocycles. The van der Waals surface area contributed by atoms with E-state index in [0.29, 0.717) is 6.29 Å². The second-order valence-electron chi connectivity index (χ2n) is 3.50. The van der Waals surface area contributed by atoms with Crippen LogP contribution in [-0.2, 0) is 6.18 Å². The molecule has 0 bridgehead atoms. The van der Waals surface area contributed by atoms with Crippen LogP contribution in [0.1, 0.15) is 15.9 Å². The van der Waals surface area contributed by atoms with E-state index in [1.165, 1.54) is 24.5 Å². The van der Waals surface area contributed by atoms with Gasteiger partial charge >= 0.3 is 6.18 Å². The zero-order valence-corrected chi connectivity index (χ0v) is 9.53. The molecule has 0 aliphatic heterocycles. The van der Waals surface area contributed by atoms with E-state index in [4.69, 9.17) is 11.6 Å². The average Bonchev–Trinajstić information content (AvgIpc) is 2.74. The Morgan fingerprint density at radius 3 is 2.56 bits per heavy atom. The highest BCUT2D eigenvalue weighted by Crippen LogP contribution is 2.34. The molecule has 1 aromatic carbocycles. The van der Waals surface area contributed by atoms with Crippen LogP contribution in [0.3, 0.4) is 0 Å². The molecule has 0 aliphatic rings. The minimum atomic E-state index is -4.58. The van der Waals surface area contributed by atoms with Gasteiger partial charge in [0.2, 0.25) is 0 Å². The molecule has 0 saturated heterocycles.